The Morgan fingerprint density at radius 1 is 0.706 bits per heavy atom. The van der Waals surface area contributed by atoms with Crippen LogP contribution in [-0.2, 0) is 0 Å². The number of anilines is 5. The van der Waals surface area contributed by atoms with Gasteiger partial charge < -0.3 is 16.0 Å². The molecule has 2 heterocycles. The zero-order valence-corrected chi connectivity index (χ0v) is 18.6. The number of aromatic nitrogens is 2. The molecule has 0 fully saturated rings. The molecule has 34 heavy (non-hydrogen) atoms. The number of carbonyl (C=O) groups excluding carboxylic acids is 1. The van der Waals surface area contributed by atoms with E-state index < -0.39 is 0 Å². The highest BCUT2D eigenvalue weighted by molar-refractivity contribution is 6.04. The van der Waals surface area contributed by atoms with Crippen molar-refractivity contribution in [2.75, 3.05) is 16.0 Å². The highest BCUT2D eigenvalue weighted by Crippen LogP contribution is 2.26. The second kappa shape index (κ2) is 9.42. The lowest BCUT2D eigenvalue weighted by atomic mass is 10.1. The van der Waals surface area contributed by atoms with E-state index in [1.54, 1.807) is 18.6 Å². The second-order valence-corrected chi connectivity index (χ2v) is 7.98. The van der Waals surface area contributed by atoms with E-state index in [1.165, 1.54) is 5.56 Å². The molecule has 0 unspecified atom stereocenters. The van der Waals surface area contributed by atoms with Crippen LogP contribution in [0.25, 0.3) is 10.9 Å². The molecule has 6 nitrogen and oxygen atoms in total. The summed E-state index contributed by atoms with van der Waals surface area (Å²) >= 11 is 0. The molecule has 0 aliphatic heterocycles. The number of amides is 1. The summed E-state index contributed by atoms with van der Waals surface area (Å²) in [5, 5.41) is 10.8. The Bertz CT molecular complexity index is 1450. The van der Waals surface area contributed by atoms with Crippen LogP contribution in [0.2, 0.25) is 0 Å². The minimum atomic E-state index is -0.169. The predicted octanol–water partition coefficient (Wildman–Crippen LogP) is 6.68. The molecule has 0 bridgehead atoms. The molecule has 0 aliphatic carbocycles. The van der Waals surface area contributed by atoms with Gasteiger partial charge in [-0.1, -0.05) is 17.7 Å². The van der Waals surface area contributed by atoms with Gasteiger partial charge in [0.25, 0.3) is 5.91 Å². The highest BCUT2D eigenvalue weighted by atomic mass is 16.1. The molecular formula is C28H23N5O. The van der Waals surface area contributed by atoms with E-state index in [1.807, 2.05) is 72.8 Å². The molecule has 0 aliphatic rings. The molecule has 3 aromatic carbocycles. The van der Waals surface area contributed by atoms with E-state index in [-0.39, 0.29) is 5.91 Å². The first-order chi connectivity index (χ1) is 16.6. The number of fused-ring (bicyclic) bond motifs is 1. The zero-order chi connectivity index (χ0) is 23.3. The highest BCUT2D eigenvalue weighted by Gasteiger charge is 2.08. The summed E-state index contributed by atoms with van der Waals surface area (Å²) in [6.07, 6.45) is 5.24. The van der Waals surface area contributed by atoms with Crippen LogP contribution in [-0.4, -0.2) is 15.9 Å². The van der Waals surface area contributed by atoms with E-state index in [0.29, 0.717) is 11.3 Å². The summed E-state index contributed by atoms with van der Waals surface area (Å²) in [7, 11) is 0. The van der Waals surface area contributed by atoms with Gasteiger partial charge in [-0.2, -0.15) is 0 Å². The third-order valence-corrected chi connectivity index (χ3v) is 5.41. The fourth-order valence-electron chi connectivity index (χ4n) is 3.71. The van der Waals surface area contributed by atoms with Crippen molar-refractivity contribution in [3.8, 4) is 0 Å². The molecule has 0 radical (unpaired) electrons. The molecule has 5 aromatic rings. The van der Waals surface area contributed by atoms with Crippen molar-refractivity contribution < 1.29 is 4.79 Å². The summed E-state index contributed by atoms with van der Waals surface area (Å²) in [5.41, 5.74) is 7.09. The number of nitrogens with one attached hydrogen (secondary N) is 3. The van der Waals surface area contributed by atoms with Crippen LogP contribution in [0.4, 0.5) is 28.4 Å². The quantitative estimate of drug-likeness (QED) is 0.272. The maximum absolute atomic E-state index is 12.8. The van der Waals surface area contributed by atoms with E-state index in [9.17, 15) is 4.79 Å². The van der Waals surface area contributed by atoms with Gasteiger partial charge in [0.15, 0.2) is 0 Å². The first kappa shape index (κ1) is 21.2. The summed E-state index contributed by atoms with van der Waals surface area (Å²) in [6, 6.07) is 26.9. The number of hydrogen-bond donors (Lipinski definition) is 3. The molecule has 2 aromatic heterocycles. The van der Waals surface area contributed by atoms with Crippen molar-refractivity contribution in [2.24, 2.45) is 0 Å². The topological polar surface area (TPSA) is 78.9 Å². The lowest BCUT2D eigenvalue weighted by Crippen LogP contribution is -2.11. The van der Waals surface area contributed by atoms with Gasteiger partial charge in [0.05, 0.1) is 5.52 Å². The lowest BCUT2D eigenvalue weighted by Gasteiger charge is -2.11. The van der Waals surface area contributed by atoms with Crippen LogP contribution < -0.4 is 16.0 Å². The fraction of sp³-hybridized carbons (Fsp3) is 0.0357. The summed E-state index contributed by atoms with van der Waals surface area (Å²) in [4.78, 5) is 21.2. The van der Waals surface area contributed by atoms with Crippen LogP contribution in [0, 0.1) is 6.92 Å². The minimum absolute atomic E-state index is 0.169. The van der Waals surface area contributed by atoms with Crippen molar-refractivity contribution in [3.63, 3.8) is 0 Å². The van der Waals surface area contributed by atoms with Gasteiger partial charge in [-0.3, -0.25) is 14.8 Å². The minimum Gasteiger partial charge on any atom is -0.355 e. The molecule has 0 saturated carbocycles. The molecule has 0 saturated heterocycles. The number of hydrogen-bond acceptors (Lipinski definition) is 5. The number of nitrogens with zero attached hydrogens (tertiary/aromatic N) is 2. The van der Waals surface area contributed by atoms with Crippen molar-refractivity contribution in [2.45, 2.75) is 6.92 Å². The van der Waals surface area contributed by atoms with Gasteiger partial charge >= 0.3 is 0 Å². The average Bonchev–Trinajstić information content (AvgIpc) is 2.86. The first-order valence-electron chi connectivity index (χ1n) is 10.9. The first-order valence-corrected chi connectivity index (χ1v) is 10.9. The largest absolute Gasteiger partial charge is 0.355 e. The zero-order valence-electron chi connectivity index (χ0n) is 18.6. The smallest absolute Gasteiger partial charge is 0.255 e. The summed E-state index contributed by atoms with van der Waals surface area (Å²) < 4.78 is 0. The number of benzene rings is 3. The molecular weight excluding hydrogens is 422 g/mol. The molecule has 6 heteroatoms. The van der Waals surface area contributed by atoms with E-state index in [0.717, 1.165) is 33.7 Å². The molecule has 3 N–H and O–H groups in total. The lowest BCUT2D eigenvalue weighted by molar-refractivity contribution is 0.102. The van der Waals surface area contributed by atoms with Crippen molar-refractivity contribution >= 4 is 45.2 Å². The van der Waals surface area contributed by atoms with E-state index >= 15 is 0 Å². The Hall–Kier alpha value is -4.71. The normalized spacial score (nSPS) is 10.6. The summed E-state index contributed by atoms with van der Waals surface area (Å²) in [5.74, 6) is -0.169. The molecule has 0 spiro atoms. The Kier molecular flexibility index (Phi) is 5.86. The van der Waals surface area contributed by atoms with E-state index in [4.69, 9.17) is 0 Å². The average molecular weight is 446 g/mol. The SMILES string of the molecule is Cc1ccc2nccc(Nc3ccc(C(=O)Nc4cccc(Nc5ccncc5)c4)cc3)c2c1. The third-order valence-electron chi connectivity index (χ3n) is 5.41. The maximum atomic E-state index is 12.8. The molecule has 0 atom stereocenters. The van der Waals surface area contributed by atoms with Crippen molar-refractivity contribution in [1.29, 1.82) is 0 Å². The standard InChI is InChI=1S/C28H23N5O/c1-19-5-10-26-25(17-19)27(13-16-30-26)32-21-8-6-20(7-9-21)28(34)33-24-4-2-3-23(18-24)31-22-11-14-29-15-12-22/h2-18H,1H3,(H,29,31)(H,30,32)(H,33,34). The maximum Gasteiger partial charge on any atom is 0.255 e. The van der Waals surface area contributed by atoms with Crippen LogP contribution in [0.15, 0.2) is 104 Å². The Morgan fingerprint density at radius 3 is 2.29 bits per heavy atom. The number of aryl methyl sites for hydroxylation is 1. The monoisotopic (exact) mass is 445 g/mol. The summed E-state index contributed by atoms with van der Waals surface area (Å²) in [6.45, 7) is 2.06. The molecule has 1 amide bonds. The van der Waals surface area contributed by atoms with Gasteiger partial charge in [-0.15, -0.1) is 0 Å². The van der Waals surface area contributed by atoms with Crippen LogP contribution in [0.3, 0.4) is 0 Å². The predicted molar refractivity (Wildman–Crippen MR) is 138 cm³/mol. The number of rotatable bonds is 6. The van der Waals surface area contributed by atoms with Gasteiger partial charge in [0.2, 0.25) is 0 Å². The van der Waals surface area contributed by atoms with Crippen molar-refractivity contribution in [1.82, 2.24) is 9.97 Å². The third kappa shape index (κ3) is 4.86. The van der Waals surface area contributed by atoms with Gasteiger partial charge in [0.1, 0.15) is 0 Å². The second-order valence-electron chi connectivity index (χ2n) is 7.98. The Morgan fingerprint density at radius 2 is 1.47 bits per heavy atom. The molecule has 166 valence electrons. The van der Waals surface area contributed by atoms with Crippen LogP contribution >= 0.6 is 0 Å². The Balaban J connectivity index is 1.27. The van der Waals surface area contributed by atoms with E-state index in [2.05, 4.69) is 45.0 Å². The van der Waals surface area contributed by atoms with Gasteiger partial charge in [-0.25, -0.2) is 0 Å². The number of pyridine rings is 2. The number of carbonyl (C=O) groups is 1. The fourth-order valence-corrected chi connectivity index (χ4v) is 3.71. The van der Waals surface area contributed by atoms with Crippen molar-refractivity contribution in [3.05, 3.63) is 115 Å². The van der Waals surface area contributed by atoms with Crippen LogP contribution in [0.1, 0.15) is 15.9 Å². The van der Waals surface area contributed by atoms with Gasteiger partial charge in [-0.05, 0) is 79.7 Å². The Labute approximate surface area is 197 Å². The molecule has 5 rings (SSSR count). The van der Waals surface area contributed by atoms with Gasteiger partial charge in [0, 0.05) is 58.0 Å². The van der Waals surface area contributed by atoms with Crippen LogP contribution in [0.5, 0.6) is 0 Å².